The zero-order chi connectivity index (χ0) is 12.7. The second-order valence-corrected chi connectivity index (χ2v) is 3.78. The van der Waals surface area contributed by atoms with Gasteiger partial charge in [-0.2, -0.15) is 0 Å². The topological polar surface area (TPSA) is 58.1 Å². The fourth-order valence-corrected chi connectivity index (χ4v) is 1.56. The minimum absolute atomic E-state index is 0.117. The van der Waals surface area contributed by atoms with Crippen molar-refractivity contribution in [2.45, 2.75) is 33.4 Å². The van der Waals surface area contributed by atoms with Crippen LogP contribution >= 0.6 is 0 Å². The molecule has 0 aromatic carbocycles. The van der Waals surface area contributed by atoms with Crippen LogP contribution in [-0.4, -0.2) is 39.9 Å². The lowest BCUT2D eigenvalue weighted by Gasteiger charge is -2.23. The lowest BCUT2D eigenvalue weighted by molar-refractivity contribution is -0.132. The largest absolute Gasteiger partial charge is 0.342 e. The highest BCUT2D eigenvalue weighted by Gasteiger charge is 2.17. The van der Waals surface area contributed by atoms with Gasteiger partial charge in [0.2, 0.25) is 5.91 Å². The average Bonchev–Trinajstić information content (AvgIpc) is 2.38. The molecule has 1 unspecified atom stereocenters. The first-order valence-corrected chi connectivity index (χ1v) is 5.97. The second-order valence-electron chi connectivity index (χ2n) is 3.78. The first-order chi connectivity index (χ1) is 8.19. The highest BCUT2D eigenvalue weighted by Crippen LogP contribution is 1.96. The first kappa shape index (κ1) is 13.6. The highest BCUT2D eigenvalue weighted by molar-refractivity contribution is 5.81. The molecule has 5 heteroatoms. The van der Waals surface area contributed by atoms with Gasteiger partial charge >= 0.3 is 0 Å². The van der Waals surface area contributed by atoms with E-state index in [-0.39, 0.29) is 11.9 Å². The van der Waals surface area contributed by atoms with Crippen molar-refractivity contribution in [3.05, 3.63) is 24.3 Å². The number of hydrogen-bond acceptors (Lipinski definition) is 4. The van der Waals surface area contributed by atoms with Crippen LogP contribution in [0.15, 0.2) is 18.5 Å². The summed E-state index contributed by atoms with van der Waals surface area (Å²) in [5.74, 6) is 0.817. The first-order valence-electron chi connectivity index (χ1n) is 5.97. The number of likely N-dealkylation sites (N-methyl/N-ethyl adjacent to an activating group) is 1. The van der Waals surface area contributed by atoms with Gasteiger partial charge in [0.15, 0.2) is 0 Å². The standard InChI is InChI=1S/C12H20N4O/c1-4-16(5-2)12(17)10(3)15-9-11-13-7-6-8-14-11/h6-8,10,15H,4-5,9H2,1-3H3. The van der Waals surface area contributed by atoms with Crippen molar-refractivity contribution >= 4 is 5.91 Å². The molecular weight excluding hydrogens is 216 g/mol. The van der Waals surface area contributed by atoms with E-state index in [1.165, 1.54) is 0 Å². The lowest BCUT2D eigenvalue weighted by atomic mass is 10.2. The van der Waals surface area contributed by atoms with E-state index in [0.29, 0.717) is 12.4 Å². The van der Waals surface area contributed by atoms with Crippen molar-refractivity contribution < 1.29 is 4.79 Å². The third-order valence-corrected chi connectivity index (χ3v) is 2.63. The number of rotatable bonds is 6. The lowest BCUT2D eigenvalue weighted by Crippen LogP contribution is -2.44. The number of nitrogens with zero attached hydrogens (tertiary/aromatic N) is 3. The van der Waals surface area contributed by atoms with Gasteiger partial charge < -0.3 is 4.90 Å². The summed E-state index contributed by atoms with van der Waals surface area (Å²) in [6.45, 7) is 7.81. The summed E-state index contributed by atoms with van der Waals surface area (Å²) in [6, 6.07) is 1.56. The molecule has 0 spiro atoms. The Morgan fingerprint density at radius 1 is 1.35 bits per heavy atom. The van der Waals surface area contributed by atoms with Gasteiger partial charge in [-0.05, 0) is 26.8 Å². The Morgan fingerprint density at radius 2 is 1.94 bits per heavy atom. The van der Waals surface area contributed by atoms with Crippen molar-refractivity contribution in [1.82, 2.24) is 20.2 Å². The third kappa shape index (κ3) is 4.11. The Morgan fingerprint density at radius 3 is 2.47 bits per heavy atom. The van der Waals surface area contributed by atoms with Crippen LogP contribution in [-0.2, 0) is 11.3 Å². The van der Waals surface area contributed by atoms with Gasteiger partial charge in [-0.1, -0.05) is 0 Å². The van der Waals surface area contributed by atoms with E-state index in [1.807, 2.05) is 25.7 Å². The number of aromatic nitrogens is 2. The summed E-state index contributed by atoms with van der Waals surface area (Å²) in [5, 5.41) is 3.13. The predicted molar refractivity (Wildman–Crippen MR) is 66.3 cm³/mol. The van der Waals surface area contributed by atoms with Crippen LogP contribution in [0.25, 0.3) is 0 Å². The van der Waals surface area contributed by atoms with E-state index in [0.717, 1.165) is 13.1 Å². The molecule has 0 aliphatic carbocycles. The Labute approximate surface area is 102 Å². The van der Waals surface area contributed by atoms with Gasteiger partial charge in [-0.3, -0.25) is 10.1 Å². The molecular formula is C12H20N4O. The van der Waals surface area contributed by atoms with E-state index in [9.17, 15) is 4.79 Å². The van der Waals surface area contributed by atoms with Crippen molar-refractivity contribution in [3.63, 3.8) is 0 Å². The number of carbonyl (C=O) groups excluding carboxylic acids is 1. The molecule has 1 amide bonds. The van der Waals surface area contributed by atoms with Crippen molar-refractivity contribution in [2.75, 3.05) is 13.1 Å². The summed E-state index contributed by atoms with van der Waals surface area (Å²) in [5.41, 5.74) is 0. The second kappa shape index (κ2) is 6.96. The van der Waals surface area contributed by atoms with E-state index >= 15 is 0 Å². The van der Waals surface area contributed by atoms with Crippen molar-refractivity contribution in [1.29, 1.82) is 0 Å². The Kier molecular flexibility index (Phi) is 5.56. The maximum Gasteiger partial charge on any atom is 0.239 e. The maximum atomic E-state index is 11.9. The summed E-state index contributed by atoms with van der Waals surface area (Å²) in [4.78, 5) is 22.0. The maximum absolute atomic E-state index is 11.9. The monoisotopic (exact) mass is 236 g/mol. The Bertz CT molecular complexity index is 338. The summed E-state index contributed by atoms with van der Waals surface area (Å²) in [7, 11) is 0. The predicted octanol–water partition coefficient (Wildman–Crippen LogP) is 0.823. The van der Waals surface area contributed by atoms with Gasteiger partial charge in [0.25, 0.3) is 0 Å². The fourth-order valence-electron chi connectivity index (χ4n) is 1.56. The molecule has 17 heavy (non-hydrogen) atoms. The summed E-state index contributed by atoms with van der Waals surface area (Å²) < 4.78 is 0. The minimum Gasteiger partial charge on any atom is -0.342 e. The van der Waals surface area contributed by atoms with Crippen LogP contribution in [0, 0.1) is 0 Å². The van der Waals surface area contributed by atoms with E-state index in [2.05, 4.69) is 15.3 Å². The van der Waals surface area contributed by atoms with E-state index in [4.69, 9.17) is 0 Å². The number of nitrogens with one attached hydrogen (secondary N) is 1. The molecule has 0 radical (unpaired) electrons. The molecule has 0 aliphatic rings. The van der Waals surface area contributed by atoms with Crippen molar-refractivity contribution in [3.8, 4) is 0 Å². The zero-order valence-electron chi connectivity index (χ0n) is 10.7. The Balaban J connectivity index is 2.44. The van der Waals surface area contributed by atoms with Crippen LogP contribution in [0.2, 0.25) is 0 Å². The normalized spacial score (nSPS) is 12.2. The highest BCUT2D eigenvalue weighted by atomic mass is 16.2. The Hall–Kier alpha value is -1.49. The van der Waals surface area contributed by atoms with Gasteiger partial charge in [-0.15, -0.1) is 0 Å². The molecule has 1 N–H and O–H groups in total. The SMILES string of the molecule is CCN(CC)C(=O)C(C)NCc1ncccn1. The molecule has 0 bridgehead atoms. The average molecular weight is 236 g/mol. The molecule has 1 aromatic heterocycles. The molecule has 0 fully saturated rings. The van der Waals surface area contributed by atoms with Gasteiger partial charge in [0, 0.05) is 25.5 Å². The molecule has 0 saturated heterocycles. The smallest absolute Gasteiger partial charge is 0.239 e. The van der Waals surface area contributed by atoms with Crippen LogP contribution in [0.3, 0.4) is 0 Å². The summed E-state index contributed by atoms with van der Waals surface area (Å²) >= 11 is 0. The molecule has 1 aromatic rings. The van der Waals surface area contributed by atoms with E-state index in [1.54, 1.807) is 18.5 Å². The molecule has 94 valence electrons. The molecule has 1 atom stereocenters. The number of carbonyl (C=O) groups is 1. The quantitative estimate of drug-likeness (QED) is 0.794. The van der Waals surface area contributed by atoms with Gasteiger partial charge in [0.1, 0.15) is 5.82 Å². The molecule has 1 rings (SSSR count). The van der Waals surface area contributed by atoms with Crippen LogP contribution < -0.4 is 5.32 Å². The van der Waals surface area contributed by atoms with Crippen LogP contribution in [0.1, 0.15) is 26.6 Å². The van der Waals surface area contributed by atoms with Crippen molar-refractivity contribution in [2.24, 2.45) is 0 Å². The molecule has 5 nitrogen and oxygen atoms in total. The summed E-state index contributed by atoms with van der Waals surface area (Å²) in [6.07, 6.45) is 3.39. The molecule has 0 saturated carbocycles. The molecule has 1 heterocycles. The number of amides is 1. The van der Waals surface area contributed by atoms with Gasteiger partial charge in [0.05, 0.1) is 12.6 Å². The van der Waals surface area contributed by atoms with Crippen LogP contribution in [0.4, 0.5) is 0 Å². The van der Waals surface area contributed by atoms with Crippen LogP contribution in [0.5, 0.6) is 0 Å². The fraction of sp³-hybridized carbons (Fsp3) is 0.583. The minimum atomic E-state index is -0.210. The number of hydrogen-bond donors (Lipinski definition) is 1. The van der Waals surface area contributed by atoms with Gasteiger partial charge in [-0.25, -0.2) is 9.97 Å². The molecule has 0 aliphatic heterocycles. The van der Waals surface area contributed by atoms with E-state index < -0.39 is 0 Å². The zero-order valence-corrected chi connectivity index (χ0v) is 10.7. The third-order valence-electron chi connectivity index (χ3n) is 2.63.